The van der Waals surface area contributed by atoms with Crippen molar-refractivity contribution in [3.63, 3.8) is 0 Å². The first-order valence-electron chi connectivity index (χ1n) is 12.0. The number of benzene rings is 3. The average molecular weight is 599 g/mol. The molecule has 3 aromatic carbocycles. The topological polar surface area (TPSA) is 66.1 Å². The lowest BCUT2D eigenvalue weighted by Crippen LogP contribution is -2.47. The molecular formula is C26H20ClF5N4O3S. The maximum Gasteiger partial charge on any atom is 0.257 e. The summed E-state index contributed by atoms with van der Waals surface area (Å²) in [4.78, 5) is 15.5. The number of halogens is 6. The summed E-state index contributed by atoms with van der Waals surface area (Å²) in [5.74, 6) is -9.33. The number of hydrogen-bond acceptors (Lipinski definition) is 6. The van der Waals surface area contributed by atoms with Crippen molar-refractivity contribution in [2.45, 2.75) is 0 Å². The van der Waals surface area contributed by atoms with E-state index in [4.69, 9.17) is 33.3 Å². The van der Waals surface area contributed by atoms with Gasteiger partial charge in [-0.1, -0.05) is 11.6 Å². The van der Waals surface area contributed by atoms with Crippen LogP contribution in [0, 0.1) is 29.1 Å². The van der Waals surface area contributed by atoms with Gasteiger partial charge < -0.3 is 24.6 Å². The Balaban J connectivity index is 1.20. The Morgan fingerprint density at radius 3 is 2.05 bits per heavy atom. The standard InChI is InChI=1S/C26H20ClF5N4O3S/c27-15-12-14(33-26(40)34-25(37)13-1-4-17-18(11-13)39-10-9-38-17)2-3-16(15)35-5-7-36(8-6-35)24-22(31)20(29)19(28)21(30)23(24)32/h1-4,11-12H,5-10H2,(H2,33,34,37,40). The molecule has 2 N–H and O–H groups in total. The van der Waals surface area contributed by atoms with Crippen LogP contribution < -0.4 is 29.9 Å². The number of nitrogens with zero attached hydrogens (tertiary/aromatic N) is 2. The van der Waals surface area contributed by atoms with E-state index < -0.39 is 40.7 Å². The van der Waals surface area contributed by atoms with E-state index in [0.717, 1.165) is 4.90 Å². The van der Waals surface area contributed by atoms with Crippen molar-refractivity contribution < 1.29 is 36.2 Å². The SMILES string of the molecule is O=C(NC(=S)Nc1ccc(N2CCN(c3c(F)c(F)c(F)c(F)c3F)CC2)c(Cl)c1)c1ccc2c(c1)OCCO2. The zero-order chi connectivity index (χ0) is 28.6. The molecule has 0 aromatic heterocycles. The van der Waals surface area contributed by atoms with E-state index in [0.29, 0.717) is 46.7 Å². The Morgan fingerprint density at radius 1 is 0.800 bits per heavy atom. The summed E-state index contributed by atoms with van der Waals surface area (Å²) in [6, 6.07) is 9.72. The Morgan fingerprint density at radius 2 is 1.40 bits per heavy atom. The highest BCUT2D eigenvalue weighted by atomic mass is 35.5. The molecule has 2 heterocycles. The third-order valence-electron chi connectivity index (χ3n) is 6.36. The lowest BCUT2D eigenvalue weighted by Gasteiger charge is -2.38. The van der Waals surface area contributed by atoms with E-state index in [1.54, 1.807) is 36.4 Å². The number of piperazine rings is 1. The number of rotatable bonds is 4. The minimum Gasteiger partial charge on any atom is -0.486 e. The van der Waals surface area contributed by atoms with Crippen molar-refractivity contribution in [3.05, 3.63) is 76.1 Å². The van der Waals surface area contributed by atoms with Crippen LogP contribution in [0.1, 0.15) is 10.4 Å². The molecule has 2 aliphatic rings. The van der Waals surface area contributed by atoms with Crippen LogP contribution in [0.5, 0.6) is 11.5 Å². The van der Waals surface area contributed by atoms with Gasteiger partial charge in [-0.15, -0.1) is 0 Å². The molecule has 0 radical (unpaired) electrons. The van der Waals surface area contributed by atoms with Crippen molar-refractivity contribution in [1.82, 2.24) is 5.32 Å². The molecule has 1 saturated heterocycles. The van der Waals surface area contributed by atoms with Gasteiger partial charge in [-0.25, -0.2) is 22.0 Å². The van der Waals surface area contributed by atoms with Crippen molar-refractivity contribution in [3.8, 4) is 11.5 Å². The lowest BCUT2D eigenvalue weighted by atomic mass is 10.2. The molecular weight excluding hydrogens is 579 g/mol. The van der Waals surface area contributed by atoms with E-state index in [-0.39, 0.29) is 31.3 Å². The number of carbonyl (C=O) groups is 1. The van der Waals surface area contributed by atoms with Crippen LogP contribution in [0.2, 0.25) is 5.02 Å². The Bertz CT molecular complexity index is 1470. The summed E-state index contributed by atoms with van der Waals surface area (Å²) in [5.41, 5.74) is 0.456. The molecule has 0 unspecified atom stereocenters. The quantitative estimate of drug-likeness (QED) is 0.184. The molecule has 5 rings (SSSR count). The highest BCUT2D eigenvalue weighted by Crippen LogP contribution is 2.34. The normalized spacial score (nSPS) is 14.7. The summed E-state index contributed by atoms with van der Waals surface area (Å²) in [6.45, 7) is 1.21. The summed E-state index contributed by atoms with van der Waals surface area (Å²) in [6.07, 6.45) is 0. The molecule has 40 heavy (non-hydrogen) atoms. The van der Waals surface area contributed by atoms with Crippen LogP contribution in [0.15, 0.2) is 36.4 Å². The monoisotopic (exact) mass is 598 g/mol. The number of ether oxygens (including phenoxy) is 2. The smallest absolute Gasteiger partial charge is 0.257 e. The van der Waals surface area contributed by atoms with Crippen molar-refractivity contribution >= 4 is 51.9 Å². The highest BCUT2D eigenvalue weighted by Gasteiger charge is 2.31. The van der Waals surface area contributed by atoms with Crippen LogP contribution >= 0.6 is 23.8 Å². The zero-order valence-corrected chi connectivity index (χ0v) is 22.1. The first-order chi connectivity index (χ1) is 19.1. The lowest BCUT2D eigenvalue weighted by molar-refractivity contribution is 0.0976. The van der Waals surface area contributed by atoms with Gasteiger partial charge in [0.25, 0.3) is 5.91 Å². The van der Waals surface area contributed by atoms with Crippen LogP contribution in [0.3, 0.4) is 0 Å². The van der Waals surface area contributed by atoms with Gasteiger partial charge in [0, 0.05) is 37.4 Å². The molecule has 3 aromatic rings. The van der Waals surface area contributed by atoms with Gasteiger partial charge in [-0.2, -0.15) is 0 Å². The van der Waals surface area contributed by atoms with E-state index in [2.05, 4.69) is 10.6 Å². The number of anilines is 3. The molecule has 2 aliphatic heterocycles. The Hall–Kier alpha value is -3.84. The fraction of sp³-hybridized carbons (Fsp3) is 0.231. The number of thiocarbonyl (C=S) groups is 1. The highest BCUT2D eigenvalue weighted by molar-refractivity contribution is 7.80. The number of hydrogen-bond donors (Lipinski definition) is 2. The molecule has 14 heteroatoms. The maximum absolute atomic E-state index is 14.2. The van der Waals surface area contributed by atoms with Gasteiger partial charge in [-0.05, 0) is 48.6 Å². The van der Waals surface area contributed by atoms with Gasteiger partial charge in [0.05, 0.1) is 10.7 Å². The molecule has 0 bridgehead atoms. The summed E-state index contributed by atoms with van der Waals surface area (Å²) in [7, 11) is 0. The van der Waals surface area contributed by atoms with Gasteiger partial charge in [0.15, 0.2) is 39.9 Å². The molecule has 0 saturated carbocycles. The minimum atomic E-state index is -2.19. The second kappa shape index (κ2) is 11.3. The Labute approximate surface area is 235 Å². The van der Waals surface area contributed by atoms with E-state index in [9.17, 15) is 26.7 Å². The number of amides is 1. The van der Waals surface area contributed by atoms with Gasteiger partial charge in [-0.3, -0.25) is 10.1 Å². The van der Waals surface area contributed by atoms with Crippen molar-refractivity contribution in [2.75, 3.05) is 54.5 Å². The molecule has 0 atom stereocenters. The fourth-order valence-electron chi connectivity index (χ4n) is 4.41. The van der Waals surface area contributed by atoms with Gasteiger partial charge in [0.1, 0.15) is 18.9 Å². The van der Waals surface area contributed by atoms with E-state index in [1.807, 2.05) is 4.90 Å². The molecule has 7 nitrogen and oxygen atoms in total. The second-order valence-corrected chi connectivity index (χ2v) is 9.64. The van der Waals surface area contributed by atoms with E-state index >= 15 is 0 Å². The summed E-state index contributed by atoms with van der Waals surface area (Å²) in [5, 5.41) is 5.80. The zero-order valence-electron chi connectivity index (χ0n) is 20.5. The van der Waals surface area contributed by atoms with Gasteiger partial charge in [0.2, 0.25) is 5.82 Å². The number of nitrogens with one attached hydrogen (secondary N) is 2. The predicted octanol–water partition coefficient (Wildman–Crippen LogP) is 5.26. The first-order valence-corrected chi connectivity index (χ1v) is 12.8. The van der Waals surface area contributed by atoms with Gasteiger partial charge >= 0.3 is 0 Å². The summed E-state index contributed by atoms with van der Waals surface area (Å²) >= 11 is 11.7. The van der Waals surface area contributed by atoms with Crippen LogP contribution in [0.4, 0.5) is 39.0 Å². The second-order valence-electron chi connectivity index (χ2n) is 8.83. The summed E-state index contributed by atoms with van der Waals surface area (Å²) < 4.78 is 80.0. The maximum atomic E-state index is 14.2. The van der Waals surface area contributed by atoms with Crippen LogP contribution in [0.25, 0.3) is 0 Å². The molecule has 1 fully saturated rings. The molecule has 0 aliphatic carbocycles. The fourth-order valence-corrected chi connectivity index (χ4v) is 4.92. The third kappa shape index (κ3) is 5.43. The Kier molecular flexibility index (Phi) is 7.86. The van der Waals surface area contributed by atoms with Crippen LogP contribution in [-0.4, -0.2) is 50.4 Å². The minimum absolute atomic E-state index is 0.00927. The van der Waals surface area contributed by atoms with Crippen molar-refractivity contribution in [1.29, 1.82) is 0 Å². The molecule has 0 spiro atoms. The predicted molar refractivity (Wildman–Crippen MR) is 143 cm³/mol. The first kappa shape index (κ1) is 27.7. The van der Waals surface area contributed by atoms with E-state index in [1.165, 1.54) is 0 Å². The number of fused-ring (bicyclic) bond motifs is 1. The average Bonchev–Trinajstić information content (AvgIpc) is 2.95. The van der Waals surface area contributed by atoms with Crippen LogP contribution in [-0.2, 0) is 0 Å². The third-order valence-corrected chi connectivity index (χ3v) is 6.87. The van der Waals surface area contributed by atoms with Crippen molar-refractivity contribution in [2.24, 2.45) is 0 Å². The number of carbonyl (C=O) groups excluding carboxylic acids is 1. The largest absolute Gasteiger partial charge is 0.486 e. The molecule has 1 amide bonds. The molecule has 210 valence electrons.